The van der Waals surface area contributed by atoms with Crippen molar-refractivity contribution in [1.29, 1.82) is 0 Å². The molecule has 0 aromatic carbocycles. The Morgan fingerprint density at radius 1 is 0.950 bits per heavy atom. The van der Waals surface area contributed by atoms with Gasteiger partial charge in [0.15, 0.2) is 0 Å². The van der Waals surface area contributed by atoms with Gasteiger partial charge in [-0.1, -0.05) is 63.8 Å². The van der Waals surface area contributed by atoms with Gasteiger partial charge in [-0.05, 0) is 85.9 Å². The van der Waals surface area contributed by atoms with Crippen molar-refractivity contribution in [2.24, 2.45) is 0 Å². The maximum atomic E-state index is 12.4. The van der Waals surface area contributed by atoms with Gasteiger partial charge in [0.1, 0.15) is 6.79 Å². The number of sulfonamides is 1. The van der Waals surface area contributed by atoms with E-state index in [-0.39, 0.29) is 0 Å². The van der Waals surface area contributed by atoms with E-state index < -0.39 is 10.0 Å². The highest BCUT2D eigenvalue weighted by Crippen LogP contribution is 2.22. The molecular weight excluding hydrogens is 522 g/mol. The Morgan fingerprint density at radius 3 is 1.82 bits per heavy atom. The first-order chi connectivity index (χ1) is 19.0. The number of nitrogens with zero attached hydrogens (tertiary/aromatic N) is 2. The van der Waals surface area contributed by atoms with E-state index in [1.807, 2.05) is 47.5 Å². The molecule has 0 saturated carbocycles. The fraction of sp³-hybridized carbons (Fsp3) is 0.781. The first-order valence-corrected chi connectivity index (χ1v) is 16.6. The van der Waals surface area contributed by atoms with Crippen LogP contribution in [0.3, 0.4) is 0 Å². The second-order valence-corrected chi connectivity index (χ2v) is 12.3. The predicted octanol–water partition coefficient (Wildman–Crippen LogP) is 6.97. The average Bonchev–Trinajstić information content (AvgIpc) is 3.48. The van der Waals surface area contributed by atoms with Crippen molar-refractivity contribution in [3.8, 4) is 0 Å². The number of carbonyl (C=O) groups is 1. The lowest BCUT2D eigenvalue weighted by atomic mass is 10.0. The van der Waals surface area contributed by atoms with Crippen LogP contribution in [-0.2, 0) is 19.6 Å². The molecule has 0 atom stereocenters. The normalized spacial score (nSPS) is 14.4. The van der Waals surface area contributed by atoms with Crippen LogP contribution in [0, 0.1) is 0 Å². The number of hydrogen-bond acceptors (Lipinski definition) is 6. The van der Waals surface area contributed by atoms with Crippen molar-refractivity contribution in [3.63, 3.8) is 0 Å². The SMILES string of the molecule is C=O.CC(C)=C/C(C)=C\C(C)=C(/C)S(=O)(=O)N1CCCC1.CCCC(CCC)N(CC)CCNCC.CCOC. The van der Waals surface area contributed by atoms with E-state index in [9.17, 15) is 8.42 Å². The van der Waals surface area contributed by atoms with Gasteiger partial charge in [0.25, 0.3) is 0 Å². The summed E-state index contributed by atoms with van der Waals surface area (Å²) in [5.74, 6) is 0. The molecule has 8 heteroatoms. The monoisotopic (exact) mass is 587 g/mol. The summed E-state index contributed by atoms with van der Waals surface area (Å²) in [6.07, 6.45) is 11.3. The van der Waals surface area contributed by atoms with Crippen molar-refractivity contribution in [2.45, 2.75) is 114 Å². The van der Waals surface area contributed by atoms with E-state index in [2.05, 4.69) is 48.7 Å². The lowest BCUT2D eigenvalue weighted by Gasteiger charge is -2.30. The molecule has 238 valence electrons. The van der Waals surface area contributed by atoms with Crippen LogP contribution in [0.25, 0.3) is 0 Å². The molecule has 1 heterocycles. The van der Waals surface area contributed by atoms with E-state index in [1.165, 1.54) is 44.3 Å². The molecule has 0 aromatic rings. The van der Waals surface area contributed by atoms with Gasteiger partial charge in [0.2, 0.25) is 10.0 Å². The van der Waals surface area contributed by atoms with Crippen LogP contribution in [0.2, 0.25) is 0 Å². The molecule has 0 aromatic heterocycles. The Morgan fingerprint density at radius 2 is 1.45 bits per heavy atom. The number of ether oxygens (including phenoxy) is 1. The number of likely N-dealkylation sites (N-methyl/N-ethyl adjacent to an activating group) is 2. The summed E-state index contributed by atoms with van der Waals surface area (Å²) >= 11 is 0. The van der Waals surface area contributed by atoms with Crippen molar-refractivity contribution < 1.29 is 17.9 Å². The molecule has 0 bridgehead atoms. The van der Waals surface area contributed by atoms with Crippen LogP contribution in [0.1, 0.15) is 108 Å². The van der Waals surface area contributed by atoms with Crippen LogP contribution in [0.15, 0.2) is 33.8 Å². The minimum Gasteiger partial charge on any atom is -0.385 e. The quantitative estimate of drug-likeness (QED) is 0.165. The fourth-order valence-electron chi connectivity index (χ4n) is 4.44. The molecule has 0 aliphatic carbocycles. The summed E-state index contributed by atoms with van der Waals surface area (Å²) in [5.41, 5.74) is 3.11. The summed E-state index contributed by atoms with van der Waals surface area (Å²) < 4.78 is 30.9. The van der Waals surface area contributed by atoms with Crippen molar-refractivity contribution in [2.75, 3.05) is 53.0 Å². The minimum absolute atomic E-state index is 0.468. The van der Waals surface area contributed by atoms with Gasteiger partial charge in [-0.25, -0.2) is 8.42 Å². The van der Waals surface area contributed by atoms with E-state index in [1.54, 1.807) is 18.3 Å². The molecule has 0 spiro atoms. The Balaban J connectivity index is -0.000000583. The summed E-state index contributed by atoms with van der Waals surface area (Å²) in [4.78, 5) is 11.1. The number of nitrogens with one attached hydrogen (secondary N) is 1. The molecule has 1 aliphatic rings. The summed E-state index contributed by atoms with van der Waals surface area (Å²) in [6, 6.07) is 0.809. The molecule has 1 aliphatic heterocycles. The van der Waals surface area contributed by atoms with Gasteiger partial charge in [-0.15, -0.1) is 0 Å². The van der Waals surface area contributed by atoms with Gasteiger partial charge in [-0.3, -0.25) is 4.90 Å². The third-order valence-corrected chi connectivity index (χ3v) is 8.73. The van der Waals surface area contributed by atoms with Gasteiger partial charge in [-0.2, -0.15) is 4.31 Å². The number of hydrogen-bond donors (Lipinski definition) is 1. The zero-order chi connectivity index (χ0) is 31.6. The lowest BCUT2D eigenvalue weighted by Crippen LogP contribution is -2.39. The highest BCUT2D eigenvalue weighted by atomic mass is 32.2. The third-order valence-electron chi connectivity index (χ3n) is 6.59. The predicted molar refractivity (Wildman–Crippen MR) is 175 cm³/mol. The van der Waals surface area contributed by atoms with Crippen molar-refractivity contribution in [3.05, 3.63) is 33.8 Å². The van der Waals surface area contributed by atoms with Crippen molar-refractivity contribution in [1.82, 2.24) is 14.5 Å². The Bertz CT molecular complexity index is 789. The molecule has 1 rings (SSSR count). The largest absolute Gasteiger partial charge is 0.385 e. The number of carbonyl (C=O) groups excluding carboxylic acids is 1. The van der Waals surface area contributed by atoms with E-state index in [0.29, 0.717) is 18.0 Å². The van der Waals surface area contributed by atoms with Crippen molar-refractivity contribution >= 4 is 16.8 Å². The number of allylic oxidation sites excluding steroid dienone is 6. The van der Waals surface area contributed by atoms with Crippen LogP contribution < -0.4 is 5.32 Å². The van der Waals surface area contributed by atoms with Crippen LogP contribution in [0.5, 0.6) is 0 Å². The Labute approximate surface area is 249 Å². The highest BCUT2D eigenvalue weighted by molar-refractivity contribution is 7.93. The smallest absolute Gasteiger partial charge is 0.239 e. The summed E-state index contributed by atoms with van der Waals surface area (Å²) in [6.45, 7) is 29.4. The number of rotatable bonds is 15. The molecule has 1 N–H and O–H groups in total. The maximum absolute atomic E-state index is 12.4. The third kappa shape index (κ3) is 20.5. The molecule has 0 unspecified atom stereocenters. The Kier molecular flexibility index (Phi) is 30.0. The molecule has 0 amide bonds. The summed E-state index contributed by atoms with van der Waals surface area (Å²) in [7, 11) is -1.58. The molecular formula is C32H65N3O4S. The lowest BCUT2D eigenvalue weighted by molar-refractivity contribution is -0.0980. The van der Waals surface area contributed by atoms with E-state index >= 15 is 0 Å². The van der Waals surface area contributed by atoms with E-state index in [0.717, 1.165) is 49.7 Å². The van der Waals surface area contributed by atoms with Gasteiger partial charge in [0.05, 0.1) is 4.91 Å². The van der Waals surface area contributed by atoms with E-state index in [4.69, 9.17) is 4.79 Å². The van der Waals surface area contributed by atoms with Gasteiger partial charge >= 0.3 is 0 Å². The standard InChI is InChI=1S/C15H25NO2S.C13H30N2.C3H8O.CH2O/c1-12(2)10-13(3)11-14(4)15(5)19(17,18)16-8-6-7-9-16;1-5-9-13(10-6-2)15(8-4)12-11-14-7-3;1-3-4-2;1-2/h10-11H,6-9H2,1-5H3;13-14H,5-12H2,1-4H3;3H2,1-2H3;1H2/b13-11-,15-14+;;;. The molecule has 7 nitrogen and oxygen atoms in total. The summed E-state index contributed by atoms with van der Waals surface area (Å²) in [5, 5.41) is 3.41. The second-order valence-electron chi connectivity index (χ2n) is 10.3. The van der Waals surface area contributed by atoms with Gasteiger partial charge < -0.3 is 14.8 Å². The van der Waals surface area contributed by atoms with Gasteiger partial charge in [0, 0.05) is 45.9 Å². The topological polar surface area (TPSA) is 79.0 Å². The molecule has 1 fully saturated rings. The molecule has 0 radical (unpaired) electrons. The first-order valence-electron chi connectivity index (χ1n) is 15.2. The van der Waals surface area contributed by atoms with Crippen LogP contribution in [-0.4, -0.2) is 83.4 Å². The average molecular weight is 588 g/mol. The Hall–Kier alpha value is -1.32. The first kappa shape index (κ1) is 43.1. The highest BCUT2D eigenvalue weighted by Gasteiger charge is 2.27. The molecule has 40 heavy (non-hydrogen) atoms. The van der Waals surface area contributed by atoms with Crippen LogP contribution in [0.4, 0.5) is 0 Å². The minimum atomic E-state index is -3.26. The fourth-order valence-corrected chi connectivity index (χ4v) is 6.03. The zero-order valence-electron chi connectivity index (χ0n) is 28.1. The zero-order valence-corrected chi connectivity index (χ0v) is 28.9. The maximum Gasteiger partial charge on any atom is 0.239 e. The molecule has 1 saturated heterocycles. The van der Waals surface area contributed by atoms with Crippen LogP contribution >= 0.6 is 0 Å². The second kappa shape index (κ2) is 27.8. The number of methoxy groups -OCH3 is 1.